The van der Waals surface area contributed by atoms with E-state index in [4.69, 9.17) is 0 Å². The highest BCUT2D eigenvalue weighted by atomic mass is 32.2. The molecule has 0 saturated carbocycles. The molecule has 0 aromatic rings. The predicted octanol–water partition coefficient (Wildman–Crippen LogP) is -0.636. The van der Waals surface area contributed by atoms with E-state index in [1.165, 1.54) is 0 Å². The molecule has 0 bridgehead atoms. The van der Waals surface area contributed by atoms with Crippen LogP contribution >= 0.6 is 0 Å². The molecule has 0 radical (unpaired) electrons. The highest BCUT2D eigenvalue weighted by molar-refractivity contribution is 7.91. The normalized spacial score (nSPS) is 28.1. The molecule has 0 aliphatic carbocycles. The Labute approximate surface area is 121 Å². The summed E-state index contributed by atoms with van der Waals surface area (Å²) in [5, 5.41) is 6.13. The van der Waals surface area contributed by atoms with Gasteiger partial charge in [0.25, 0.3) is 0 Å². The molecule has 1 atom stereocenters. The summed E-state index contributed by atoms with van der Waals surface area (Å²) >= 11 is 0. The predicted molar refractivity (Wildman–Crippen MR) is 78.3 cm³/mol. The number of rotatable bonds is 4. The van der Waals surface area contributed by atoms with Crippen LogP contribution < -0.4 is 10.6 Å². The van der Waals surface area contributed by atoms with Crippen LogP contribution in [0.15, 0.2) is 0 Å². The van der Waals surface area contributed by atoms with Crippen molar-refractivity contribution in [1.82, 2.24) is 15.5 Å². The third kappa shape index (κ3) is 4.71. The fourth-order valence-corrected chi connectivity index (χ4v) is 4.68. The molecule has 2 N–H and O–H groups in total. The average Bonchev–Trinajstić information content (AvgIpc) is 2.40. The zero-order valence-corrected chi connectivity index (χ0v) is 12.9. The third-order valence-corrected chi connectivity index (χ3v) is 5.99. The number of piperidine rings is 1. The van der Waals surface area contributed by atoms with Crippen molar-refractivity contribution in [1.29, 1.82) is 0 Å². The minimum absolute atomic E-state index is 0.0507. The number of likely N-dealkylation sites (tertiary alicyclic amines) is 1. The average molecular weight is 303 g/mol. The van der Waals surface area contributed by atoms with Gasteiger partial charge in [0.15, 0.2) is 9.84 Å². The molecule has 2 aliphatic heterocycles. The molecule has 2 rings (SSSR count). The number of nitrogens with one attached hydrogen (secondary N) is 2. The Morgan fingerprint density at radius 2 is 1.90 bits per heavy atom. The number of likely N-dealkylation sites (N-methyl/N-ethyl adjacent to an activating group) is 1. The lowest BCUT2D eigenvalue weighted by Gasteiger charge is -2.35. The van der Waals surface area contributed by atoms with Crippen LogP contribution in [0.25, 0.3) is 0 Å². The summed E-state index contributed by atoms with van der Waals surface area (Å²) in [6, 6.07) is 0.499. The molecular formula is C13H25N3O3S. The highest BCUT2D eigenvalue weighted by Crippen LogP contribution is 2.16. The zero-order chi connectivity index (χ0) is 14.6. The maximum Gasteiger partial charge on any atom is 0.233 e. The smallest absolute Gasteiger partial charge is 0.233 e. The molecule has 0 aromatic carbocycles. The van der Waals surface area contributed by atoms with Crippen molar-refractivity contribution < 1.29 is 13.2 Å². The molecule has 2 saturated heterocycles. The number of hydrogen-bond acceptors (Lipinski definition) is 5. The van der Waals surface area contributed by atoms with Crippen LogP contribution in [-0.2, 0) is 14.6 Å². The van der Waals surface area contributed by atoms with Gasteiger partial charge in [-0.25, -0.2) is 8.42 Å². The molecule has 0 aromatic heterocycles. The second-order valence-electron chi connectivity index (χ2n) is 5.84. The molecule has 1 unspecified atom stereocenters. The lowest BCUT2D eigenvalue weighted by Crippen LogP contribution is -2.50. The number of amides is 1. The Morgan fingerprint density at radius 1 is 1.20 bits per heavy atom. The first-order valence-electron chi connectivity index (χ1n) is 7.38. The van der Waals surface area contributed by atoms with Crippen molar-refractivity contribution in [3.05, 3.63) is 0 Å². The maximum atomic E-state index is 11.6. The minimum atomic E-state index is -2.84. The van der Waals surface area contributed by atoms with Gasteiger partial charge >= 0.3 is 0 Å². The topological polar surface area (TPSA) is 78.5 Å². The van der Waals surface area contributed by atoms with Crippen molar-refractivity contribution in [2.24, 2.45) is 0 Å². The van der Waals surface area contributed by atoms with Crippen molar-refractivity contribution in [3.63, 3.8) is 0 Å². The minimum Gasteiger partial charge on any atom is -0.358 e. The van der Waals surface area contributed by atoms with Gasteiger partial charge in [-0.05, 0) is 25.7 Å². The SMILES string of the molecule is CNC(=O)CN1CCC(NC2CCCS(=O)(=O)C2)CC1. The van der Waals surface area contributed by atoms with Crippen LogP contribution in [0.1, 0.15) is 25.7 Å². The van der Waals surface area contributed by atoms with Gasteiger partial charge < -0.3 is 10.6 Å². The van der Waals surface area contributed by atoms with Gasteiger partial charge in [0.2, 0.25) is 5.91 Å². The largest absolute Gasteiger partial charge is 0.358 e. The summed E-state index contributed by atoms with van der Waals surface area (Å²) < 4.78 is 23.2. The maximum absolute atomic E-state index is 11.6. The van der Waals surface area contributed by atoms with Crippen molar-refractivity contribution in [3.8, 4) is 0 Å². The molecule has 116 valence electrons. The molecule has 2 aliphatic rings. The first kappa shape index (κ1) is 15.7. The van der Waals surface area contributed by atoms with Crippen molar-refractivity contribution in [2.75, 3.05) is 38.2 Å². The van der Waals surface area contributed by atoms with Crippen LogP contribution in [-0.4, -0.2) is 69.5 Å². The third-order valence-electron chi connectivity index (χ3n) is 4.17. The van der Waals surface area contributed by atoms with E-state index in [1.807, 2.05) is 0 Å². The van der Waals surface area contributed by atoms with Gasteiger partial charge in [-0.3, -0.25) is 9.69 Å². The number of hydrogen-bond donors (Lipinski definition) is 2. The summed E-state index contributed by atoms with van der Waals surface area (Å²) in [6.07, 6.45) is 3.69. The van der Waals surface area contributed by atoms with Crippen molar-refractivity contribution >= 4 is 15.7 Å². The Balaban J connectivity index is 1.73. The summed E-state index contributed by atoms with van der Waals surface area (Å²) in [4.78, 5) is 13.5. The van der Waals surface area contributed by atoms with Crippen LogP contribution in [0.2, 0.25) is 0 Å². The van der Waals surface area contributed by atoms with Gasteiger partial charge in [0.1, 0.15) is 0 Å². The Hall–Kier alpha value is -0.660. The lowest BCUT2D eigenvalue weighted by atomic mass is 10.0. The second kappa shape index (κ2) is 6.87. The van der Waals surface area contributed by atoms with E-state index in [2.05, 4.69) is 15.5 Å². The van der Waals surface area contributed by atoms with E-state index in [9.17, 15) is 13.2 Å². The van der Waals surface area contributed by atoms with E-state index in [1.54, 1.807) is 7.05 Å². The molecule has 1 amide bonds. The first-order valence-corrected chi connectivity index (χ1v) is 9.20. The first-order chi connectivity index (χ1) is 9.48. The second-order valence-corrected chi connectivity index (χ2v) is 8.07. The monoisotopic (exact) mass is 303 g/mol. The van der Waals surface area contributed by atoms with Gasteiger partial charge in [0.05, 0.1) is 18.1 Å². The Kier molecular flexibility index (Phi) is 5.40. The molecule has 2 heterocycles. The molecule has 20 heavy (non-hydrogen) atoms. The summed E-state index contributed by atoms with van der Waals surface area (Å²) in [7, 11) is -1.19. The van der Waals surface area contributed by atoms with E-state index in [0.29, 0.717) is 18.3 Å². The van der Waals surface area contributed by atoms with Gasteiger partial charge in [-0.15, -0.1) is 0 Å². The number of sulfone groups is 1. The van der Waals surface area contributed by atoms with Crippen LogP contribution in [0.3, 0.4) is 0 Å². The van der Waals surface area contributed by atoms with E-state index in [-0.39, 0.29) is 17.7 Å². The van der Waals surface area contributed by atoms with Gasteiger partial charge in [0, 0.05) is 32.2 Å². The van der Waals surface area contributed by atoms with E-state index >= 15 is 0 Å². The highest BCUT2D eigenvalue weighted by Gasteiger charge is 2.28. The Morgan fingerprint density at radius 3 is 2.50 bits per heavy atom. The fourth-order valence-electron chi connectivity index (χ4n) is 3.03. The van der Waals surface area contributed by atoms with Crippen LogP contribution in [0.5, 0.6) is 0 Å². The fraction of sp³-hybridized carbons (Fsp3) is 0.923. The van der Waals surface area contributed by atoms with Crippen molar-refractivity contribution in [2.45, 2.75) is 37.8 Å². The summed E-state index contributed by atoms with van der Waals surface area (Å²) in [5.74, 6) is 0.677. The number of nitrogens with zero attached hydrogens (tertiary/aromatic N) is 1. The van der Waals surface area contributed by atoms with Crippen LogP contribution in [0.4, 0.5) is 0 Å². The Bertz CT molecular complexity index is 430. The van der Waals surface area contributed by atoms with E-state index in [0.717, 1.165) is 38.8 Å². The molecule has 0 spiro atoms. The molecule has 6 nitrogen and oxygen atoms in total. The number of carbonyl (C=O) groups excluding carboxylic acids is 1. The molecular weight excluding hydrogens is 278 g/mol. The summed E-state index contributed by atoms with van der Waals surface area (Å²) in [6.45, 7) is 2.25. The summed E-state index contributed by atoms with van der Waals surface area (Å²) in [5.41, 5.74) is 0. The lowest BCUT2D eigenvalue weighted by molar-refractivity contribution is -0.122. The zero-order valence-electron chi connectivity index (χ0n) is 12.1. The van der Waals surface area contributed by atoms with Crippen LogP contribution in [0, 0.1) is 0 Å². The van der Waals surface area contributed by atoms with Gasteiger partial charge in [-0.1, -0.05) is 0 Å². The standard InChI is InChI=1S/C13H25N3O3S/c1-14-13(17)9-16-6-4-11(5-7-16)15-12-3-2-8-20(18,19)10-12/h11-12,15H,2-10H2,1H3,(H,14,17). The molecule has 2 fully saturated rings. The van der Waals surface area contributed by atoms with Gasteiger partial charge in [-0.2, -0.15) is 0 Å². The molecule has 7 heteroatoms. The van der Waals surface area contributed by atoms with E-state index < -0.39 is 9.84 Å². The quantitative estimate of drug-likeness (QED) is 0.722. The number of carbonyl (C=O) groups is 1.